The second kappa shape index (κ2) is 6.86. The predicted molar refractivity (Wildman–Crippen MR) is 85.7 cm³/mol. The molecule has 2 rings (SSSR count). The number of nitrogens with zero attached hydrogens (tertiary/aromatic N) is 1. The molecular formula is C15H22N2O5S. The molecule has 0 bridgehead atoms. The fourth-order valence-electron chi connectivity index (χ4n) is 2.41. The summed E-state index contributed by atoms with van der Waals surface area (Å²) in [4.78, 5) is 13.4. The molecule has 0 aromatic heterocycles. The van der Waals surface area contributed by atoms with Gasteiger partial charge in [-0.3, -0.25) is 4.79 Å². The molecule has 0 aliphatic carbocycles. The van der Waals surface area contributed by atoms with E-state index < -0.39 is 15.6 Å². The van der Waals surface area contributed by atoms with Crippen molar-refractivity contribution in [2.45, 2.75) is 18.9 Å². The van der Waals surface area contributed by atoms with Crippen LogP contribution in [0.3, 0.4) is 0 Å². The minimum atomic E-state index is -3.41. The van der Waals surface area contributed by atoms with Gasteiger partial charge in [0.05, 0.1) is 19.3 Å². The van der Waals surface area contributed by atoms with Crippen LogP contribution in [0.1, 0.15) is 12.0 Å². The maximum Gasteiger partial charge on any atom is 0.237 e. The summed E-state index contributed by atoms with van der Waals surface area (Å²) in [5, 5.41) is 10.5. The lowest BCUT2D eigenvalue weighted by Crippen LogP contribution is -2.43. The number of β-amino-alcohol motifs (C(OH)–C–C–N with tert-alkyl or cyclic N) is 1. The second-order valence-electron chi connectivity index (χ2n) is 5.99. The number of aryl methyl sites for hydroxylation is 1. The Morgan fingerprint density at radius 2 is 2.22 bits per heavy atom. The predicted octanol–water partition coefficient (Wildman–Crippen LogP) is -0.114. The summed E-state index contributed by atoms with van der Waals surface area (Å²) in [5.41, 5.74) is -0.0608. The van der Waals surface area contributed by atoms with E-state index in [1.807, 2.05) is 31.2 Å². The largest absolute Gasteiger partial charge is 0.491 e. The van der Waals surface area contributed by atoms with Crippen LogP contribution in [0.2, 0.25) is 0 Å². The van der Waals surface area contributed by atoms with Crippen LogP contribution in [0.25, 0.3) is 0 Å². The molecule has 23 heavy (non-hydrogen) atoms. The molecule has 0 spiro atoms. The number of rotatable bonds is 6. The zero-order valence-electron chi connectivity index (χ0n) is 13.3. The van der Waals surface area contributed by atoms with Crippen molar-refractivity contribution in [1.29, 1.82) is 0 Å². The first-order chi connectivity index (χ1) is 10.7. The Hall–Kier alpha value is -1.64. The van der Waals surface area contributed by atoms with E-state index in [4.69, 9.17) is 4.74 Å². The van der Waals surface area contributed by atoms with Crippen LogP contribution in [-0.2, 0) is 14.8 Å². The molecule has 0 saturated carbocycles. The number of hydrogen-bond donors (Lipinski definition) is 2. The summed E-state index contributed by atoms with van der Waals surface area (Å²) < 4.78 is 29.8. The molecule has 128 valence electrons. The highest BCUT2D eigenvalue weighted by Crippen LogP contribution is 2.23. The number of benzene rings is 1. The average Bonchev–Trinajstić information content (AvgIpc) is 2.85. The lowest BCUT2D eigenvalue weighted by Gasteiger charge is -2.23. The van der Waals surface area contributed by atoms with Crippen LogP contribution in [0.4, 0.5) is 0 Å². The maximum absolute atomic E-state index is 11.9. The zero-order chi connectivity index (χ0) is 17.1. The Kier molecular flexibility index (Phi) is 5.28. The topological polar surface area (TPSA) is 95.9 Å². The van der Waals surface area contributed by atoms with E-state index in [-0.39, 0.29) is 25.6 Å². The molecule has 1 atom stereocenters. The van der Waals surface area contributed by atoms with E-state index in [1.165, 1.54) is 4.90 Å². The summed E-state index contributed by atoms with van der Waals surface area (Å²) in [6.45, 7) is 2.24. The average molecular weight is 342 g/mol. The summed E-state index contributed by atoms with van der Waals surface area (Å²) in [6, 6.07) is 7.50. The number of carbonyl (C=O) groups excluding carboxylic acids is 1. The summed E-state index contributed by atoms with van der Waals surface area (Å²) in [5.74, 6) is 0.309. The van der Waals surface area contributed by atoms with Gasteiger partial charge in [-0.2, -0.15) is 0 Å². The van der Waals surface area contributed by atoms with E-state index in [9.17, 15) is 18.3 Å². The number of carbonyl (C=O) groups is 1. The highest BCUT2D eigenvalue weighted by atomic mass is 32.2. The molecule has 8 heteroatoms. The lowest BCUT2D eigenvalue weighted by atomic mass is 10.1. The number of hydrogen-bond acceptors (Lipinski definition) is 5. The summed E-state index contributed by atoms with van der Waals surface area (Å²) in [6.07, 6.45) is 1.39. The molecule has 1 saturated heterocycles. The normalized spacial score (nSPS) is 21.4. The molecule has 1 amide bonds. The maximum atomic E-state index is 11.9. The molecule has 1 aromatic carbocycles. The number of ether oxygens (including phenoxy) is 1. The van der Waals surface area contributed by atoms with Crippen molar-refractivity contribution in [3.8, 4) is 5.75 Å². The van der Waals surface area contributed by atoms with Gasteiger partial charge in [-0.15, -0.1) is 0 Å². The quantitative estimate of drug-likeness (QED) is 0.752. The molecule has 1 aliphatic rings. The van der Waals surface area contributed by atoms with Crippen LogP contribution in [0.15, 0.2) is 24.3 Å². The molecule has 1 fully saturated rings. The molecule has 1 heterocycles. The van der Waals surface area contributed by atoms with Gasteiger partial charge in [-0.25, -0.2) is 13.1 Å². The van der Waals surface area contributed by atoms with Crippen molar-refractivity contribution in [2.24, 2.45) is 0 Å². The molecule has 7 nitrogen and oxygen atoms in total. The fourth-order valence-corrected chi connectivity index (χ4v) is 2.80. The van der Waals surface area contributed by atoms with Crippen LogP contribution in [-0.4, -0.2) is 62.4 Å². The molecule has 0 radical (unpaired) electrons. The standard InChI is InChI=1S/C15H22N2O5S/c1-12-4-3-5-13(8-12)22-11-15(19)6-7-17(10-15)14(18)9-16-23(2,20)21/h3-5,8,16,19H,6-7,9-11H2,1-2H3/t15-/m0/s1. The lowest BCUT2D eigenvalue weighted by molar-refractivity contribution is -0.130. The van der Waals surface area contributed by atoms with Crippen molar-refractivity contribution in [3.63, 3.8) is 0 Å². The Labute approximate surface area is 136 Å². The number of likely N-dealkylation sites (tertiary alicyclic amines) is 1. The van der Waals surface area contributed by atoms with Gasteiger partial charge in [-0.1, -0.05) is 12.1 Å². The van der Waals surface area contributed by atoms with E-state index in [1.54, 1.807) is 0 Å². The Balaban J connectivity index is 1.86. The van der Waals surface area contributed by atoms with Gasteiger partial charge in [0.1, 0.15) is 18.0 Å². The third kappa shape index (κ3) is 5.49. The third-order valence-electron chi connectivity index (χ3n) is 3.67. The Bertz CT molecular complexity index is 676. The van der Waals surface area contributed by atoms with Crippen LogP contribution in [0, 0.1) is 6.92 Å². The number of nitrogens with one attached hydrogen (secondary N) is 1. The van der Waals surface area contributed by atoms with Gasteiger partial charge < -0.3 is 14.7 Å². The Morgan fingerprint density at radius 1 is 1.48 bits per heavy atom. The zero-order valence-corrected chi connectivity index (χ0v) is 14.1. The van der Waals surface area contributed by atoms with Gasteiger partial charge in [0.25, 0.3) is 0 Å². The third-order valence-corrected chi connectivity index (χ3v) is 4.34. The monoisotopic (exact) mass is 342 g/mol. The number of aliphatic hydroxyl groups is 1. The first-order valence-electron chi connectivity index (χ1n) is 7.31. The number of amides is 1. The second-order valence-corrected chi connectivity index (χ2v) is 7.82. The SMILES string of the molecule is Cc1cccc(OC[C@]2(O)CCN(C(=O)CNS(C)(=O)=O)C2)c1. The minimum absolute atomic E-state index is 0.0831. The molecule has 0 unspecified atom stereocenters. The fraction of sp³-hybridized carbons (Fsp3) is 0.533. The van der Waals surface area contributed by atoms with Crippen molar-refractivity contribution in [3.05, 3.63) is 29.8 Å². The van der Waals surface area contributed by atoms with Crippen LogP contribution >= 0.6 is 0 Å². The highest BCUT2D eigenvalue weighted by molar-refractivity contribution is 7.88. The van der Waals surface area contributed by atoms with Gasteiger partial charge in [0, 0.05) is 6.54 Å². The van der Waals surface area contributed by atoms with Crippen molar-refractivity contribution < 1.29 is 23.1 Å². The molecule has 1 aromatic rings. The molecular weight excluding hydrogens is 320 g/mol. The van der Waals surface area contributed by atoms with Gasteiger partial charge >= 0.3 is 0 Å². The van der Waals surface area contributed by atoms with Gasteiger partial charge in [0.2, 0.25) is 15.9 Å². The van der Waals surface area contributed by atoms with Crippen molar-refractivity contribution in [2.75, 3.05) is 32.5 Å². The molecule has 2 N–H and O–H groups in total. The van der Waals surface area contributed by atoms with Crippen molar-refractivity contribution >= 4 is 15.9 Å². The Morgan fingerprint density at radius 3 is 2.87 bits per heavy atom. The van der Waals surface area contributed by atoms with E-state index in [0.29, 0.717) is 18.7 Å². The minimum Gasteiger partial charge on any atom is -0.491 e. The van der Waals surface area contributed by atoms with Crippen LogP contribution < -0.4 is 9.46 Å². The first kappa shape index (κ1) is 17.7. The summed E-state index contributed by atoms with van der Waals surface area (Å²) in [7, 11) is -3.41. The van der Waals surface area contributed by atoms with E-state index in [2.05, 4.69) is 4.72 Å². The van der Waals surface area contributed by atoms with E-state index >= 15 is 0 Å². The first-order valence-corrected chi connectivity index (χ1v) is 9.20. The molecule has 1 aliphatic heterocycles. The van der Waals surface area contributed by atoms with Gasteiger partial charge in [0.15, 0.2) is 0 Å². The van der Waals surface area contributed by atoms with Crippen molar-refractivity contribution in [1.82, 2.24) is 9.62 Å². The summed E-state index contributed by atoms with van der Waals surface area (Å²) >= 11 is 0. The van der Waals surface area contributed by atoms with E-state index in [0.717, 1.165) is 11.8 Å². The smallest absolute Gasteiger partial charge is 0.237 e. The van der Waals surface area contributed by atoms with Gasteiger partial charge in [-0.05, 0) is 31.0 Å². The highest BCUT2D eigenvalue weighted by Gasteiger charge is 2.39. The number of sulfonamides is 1. The van der Waals surface area contributed by atoms with Crippen LogP contribution in [0.5, 0.6) is 5.75 Å².